The third-order valence-corrected chi connectivity index (χ3v) is 6.81. The molecule has 4 atom stereocenters. The van der Waals surface area contributed by atoms with Crippen LogP contribution >= 0.6 is 0 Å². The van der Waals surface area contributed by atoms with E-state index in [-0.39, 0.29) is 38.3 Å². The number of aliphatic hydroxyl groups is 2. The summed E-state index contributed by atoms with van der Waals surface area (Å²) in [6.45, 7) is 5.01. The highest BCUT2D eigenvalue weighted by molar-refractivity contribution is 5.93. The second-order valence-electron chi connectivity index (χ2n) is 11.1. The van der Waals surface area contributed by atoms with Crippen molar-refractivity contribution >= 4 is 23.7 Å². The zero-order valence-corrected chi connectivity index (χ0v) is 23.0. The number of rotatable bonds is 13. The number of benzene rings is 1. The predicted octanol–water partition coefficient (Wildman–Crippen LogP) is 1.74. The van der Waals surface area contributed by atoms with Gasteiger partial charge in [-0.15, -0.1) is 6.42 Å². The Hall–Kier alpha value is -3.42. The lowest BCUT2D eigenvalue weighted by atomic mass is 9.85. The maximum absolute atomic E-state index is 13.7. The minimum atomic E-state index is -0.970. The van der Waals surface area contributed by atoms with Crippen LogP contribution in [0.3, 0.4) is 0 Å². The first-order valence-corrected chi connectivity index (χ1v) is 13.3. The topological polar surface area (TPSA) is 156 Å². The van der Waals surface area contributed by atoms with Crippen molar-refractivity contribution in [2.45, 2.75) is 89.9 Å². The second-order valence-corrected chi connectivity index (χ2v) is 11.1. The fourth-order valence-corrected chi connectivity index (χ4v) is 4.58. The zero-order valence-electron chi connectivity index (χ0n) is 23.0. The van der Waals surface area contributed by atoms with E-state index in [1.54, 1.807) is 24.3 Å². The van der Waals surface area contributed by atoms with Crippen LogP contribution in [0.2, 0.25) is 0 Å². The molecule has 1 aromatic carbocycles. The highest BCUT2D eigenvalue weighted by Gasteiger charge is 2.44. The van der Waals surface area contributed by atoms with E-state index in [9.17, 15) is 29.4 Å². The third kappa shape index (κ3) is 9.68. The molecule has 2 unspecified atom stereocenters. The van der Waals surface area contributed by atoms with Gasteiger partial charge in [0, 0.05) is 31.4 Å². The molecule has 10 heteroatoms. The van der Waals surface area contributed by atoms with Crippen LogP contribution in [0.15, 0.2) is 24.3 Å². The summed E-state index contributed by atoms with van der Waals surface area (Å²) in [5.41, 5.74) is 0.629. The average Bonchev–Trinajstić information content (AvgIpc) is 3.28. The van der Waals surface area contributed by atoms with Crippen molar-refractivity contribution in [3.63, 3.8) is 0 Å². The summed E-state index contributed by atoms with van der Waals surface area (Å²) in [5.74, 6) is 0.378. The van der Waals surface area contributed by atoms with Crippen LogP contribution in [0.1, 0.15) is 82.9 Å². The van der Waals surface area contributed by atoms with Crippen molar-refractivity contribution in [1.29, 1.82) is 0 Å². The van der Waals surface area contributed by atoms with E-state index >= 15 is 0 Å². The van der Waals surface area contributed by atoms with Gasteiger partial charge < -0.3 is 30.9 Å². The lowest BCUT2D eigenvalue weighted by Crippen LogP contribution is -2.58. The van der Waals surface area contributed by atoms with Crippen LogP contribution in [0.5, 0.6) is 0 Å². The van der Waals surface area contributed by atoms with Gasteiger partial charge in [-0.05, 0) is 36.0 Å². The second kappa shape index (κ2) is 14.7. The molecule has 0 bridgehead atoms. The molecule has 0 saturated carbocycles. The number of carbonyl (C=O) groups is 4. The van der Waals surface area contributed by atoms with Crippen molar-refractivity contribution < 1.29 is 34.5 Å². The number of nitrogens with zero attached hydrogens (tertiary/aromatic N) is 1. The molecule has 3 amide bonds. The van der Waals surface area contributed by atoms with E-state index in [2.05, 4.69) is 16.6 Å². The monoisotopic (exact) mass is 543 g/mol. The van der Waals surface area contributed by atoms with Crippen molar-refractivity contribution in [2.24, 2.45) is 5.41 Å². The highest BCUT2D eigenvalue weighted by atomic mass is 16.4. The number of likely N-dealkylation sites (tertiary alicyclic amines) is 1. The fourth-order valence-electron chi connectivity index (χ4n) is 4.58. The summed E-state index contributed by atoms with van der Waals surface area (Å²) < 4.78 is 0. The van der Waals surface area contributed by atoms with E-state index in [0.29, 0.717) is 36.8 Å². The zero-order chi connectivity index (χ0) is 29.2. The molecule has 1 aliphatic rings. The highest BCUT2D eigenvalue weighted by Crippen LogP contribution is 2.27. The molecular weight excluding hydrogens is 502 g/mol. The number of nitrogens with one attached hydrogen (secondary N) is 2. The van der Waals surface area contributed by atoms with Crippen LogP contribution in [0.4, 0.5) is 0 Å². The molecule has 5 N–H and O–H groups in total. The van der Waals surface area contributed by atoms with Gasteiger partial charge >= 0.3 is 5.97 Å². The molecule has 0 aromatic heterocycles. The van der Waals surface area contributed by atoms with E-state index < -0.39 is 47.4 Å². The van der Waals surface area contributed by atoms with Crippen LogP contribution in [0.25, 0.3) is 0 Å². The number of carbonyl (C=O) groups excluding carboxylic acids is 3. The molecule has 1 fully saturated rings. The maximum Gasteiger partial charge on any atom is 0.303 e. The van der Waals surface area contributed by atoms with E-state index in [4.69, 9.17) is 11.5 Å². The molecular formula is C29H41N3O7. The van der Waals surface area contributed by atoms with Gasteiger partial charge in [0.1, 0.15) is 12.1 Å². The molecule has 1 aromatic rings. The summed E-state index contributed by atoms with van der Waals surface area (Å²) in [5, 5.41) is 34.6. The van der Waals surface area contributed by atoms with E-state index in [1.165, 1.54) is 4.90 Å². The number of aliphatic hydroxyl groups excluding tert-OH is 2. The van der Waals surface area contributed by atoms with Crippen LogP contribution < -0.4 is 10.6 Å². The first-order chi connectivity index (χ1) is 18.4. The Morgan fingerprint density at radius 1 is 1.05 bits per heavy atom. The number of carboxylic acids is 1. The molecule has 39 heavy (non-hydrogen) atoms. The number of carboxylic acid groups (broad SMARTS) is 1. The predicted molar refractivity (Wildman–Crippen MR) is 145 cm³/mol. The van der Waals surface area contributed by atoms with Crippen LogP contribution in [-0.2, 0) is 19.2 Å². The molecule has 0 radical (unpaired) electrons. The standard InChI is InChI=1S/C29H41N3O7/c1-5-19-12-14-20(15-13-19)22(18-33)30-27(38)23-16-21(34)17-32(23)28(39)26(29(2,3)4)31-24(35)10-8-6-7-9-11-25(36)37/h1,12-15,21-23,26,33-34H,6-11,16-18H2,2-4H3,(H,30,38)(H,31,35)(H,36,37)/t21-,22?,23+,26?/m1/s1. The fraction of sp³-hybridized carbons (Fsp3) is 0.586. The van der Waals surface area contributed by atoms with Crippen LogP contribution in [-0.4, -0.2) is 75.2 Å². The Morgan fingerprint density at radius 3 is 2.21 bits per heavy atom. The lowest BCUT2D eigenvalue weighted by molar-refractivity contribution is -0.144. The number of terminal acetylenes is 1. The Balaban J connectivity index is 2.06. The van der Waals surface area contributed by atoms with E-state index in [0.717, 1.165) is 0 Å². The maximum atomic E-state index is 13.7. The first kappa shape index (κ1) is 31.8. The van der Waals surface area contributed by atoms with Gasteiger partial charge in [0.15, 0.2) is 0 Å². The van der Waals surface area contributed by atoms with Gasteiger partial charge in [-0.1, -0.05) is 51.7 Å². The average molecular weight is 544 g/mol. The largest absolute Gasteiger partial charge is 0.481 e. The molecule has 2 rings (SSSR count). The van der Waals surface area contributed by atoms with Gasteiger partial charge in [0.2, 0.25) is 17.7 Å². The third-order valence-electron chi connectivity index (χ3n) is 6.81. The Bertz CT molecular complexity index is 1040. The Morgan fingerprint density at radius 2 is 1.67 bits per heavy atom. The lowest BCUT2D eigenvalue weighted by Gasteiger charge is -2.35. The summed E-state index contributed by atoms with van der Waals surface area (Å²) in [4.78, 5) is 51.5. The first-order valence-electron chi connectivity index (χ1n) is 13.3. The number of unbranched alkanes of at least 4 members (excludes halogenated alkanes) is 3. The van der Waals surface area contributed by atoms with Gasteiger partial charge in [0.25, 0.3) is 0 Å². The number of hydrogen-bond acceptors (Lipinski definition) is 6. The molecule has 214 valence electrons. The normalized spacial score (nSPS) is 18.6. The summed E-state index contributed by atoms with van der Waals surface area (Å²) in [6, 6.07) is 4.19. The number of amides is 3. The SMILES string of the molecule is C#Cc1ccc(C(CO)NC(=O)[C@@H]2C[C@@H](O)CN2C(=O)C(NC(=O)CCCCCCC(=O)O)C(C)(C)C)cc1. The molecule has 1 heterocycles. The molecule has 1 saturated heterocycles. The van der Waals surface area contributed by atoms with Crippen LogP contribution in [0, 0.1) is 17.8 Å². The minimum absolute atomic E-state index is 0.0346. The van der Waals surface area contributed by atoms with Crippen molar-refractivity contribution in [3.05, 3.63) is 35.4 Å². The quantitative estimate of drug-likeness (QED) is 0.187. The van der Waals surface area contributed by atoms with Gasteiger partial charge in [-0.2, -0.15) is 0 Å². The molecule has 0 aliphatic carbocycles. The van der Waals surface area contributed by atoms with Crippen molar-refractivity contribution in [3.8, 4) is 12.3 Å². The minimum Gasteiger partial charge on any atom is -0.481 e. The van der Waals surface area contributed by atoms with Crippen molar-refractivity contribution in [2.75, 3.05) is 13.2 Å². The Labute approximate surface area is 230 Å². The van der Waals surface area contributed by atoms with Gasteiger partial charge in [0.05, 0.1) is 18.8 Å². The van der Waals surface area contributed by atoms with Gasteiger partial charge in [-0.25, -0.2) is 0 Å². The summed E-state index contributed by atoms with van der Waals surface area (Å²) in [7, 11) is 0. The molecule has 0 spiro atoms. The molecule has 10 nitrogen and oxygen atoms in total. The van der Waals surface area contributed by atoms with E-state index in [1.807, 2.05) is 20.8 Å². The number of aliphatic carboxylic acids is 1. The number of β-amino-alcohol motifs (C(OH)–C–C–N with tert-alkyl or cyclic N) is 1. The summed E-state index contributed by atoms with van der Waals surface area (Å²) >= 11 is 0. The smallest absolute Gasteiger partial charge is 0.303 e. The summed E-state index contributed by atoms with van der Waals surface area (Å²) in [6.07, 6.45) is 7.32. The Kier molecular flexibility index (Phi) is 11.9. The molecule has 1 aliphatic heterocycles. The van der Waals surface area contributed by atoms with Crippen molar-refractivity contribution in [1.82, 2.24) is 15.5 Å². The van der Waals surface area contributed by atoms with Gasteiger partial charge in [-0.3, -0.25) is 19.2 Å². The number of hydrogen-bond donors (Lipinski definition) is 5.